The van der Waals surface area contributed by atoms with Crippen LogP contribution < -0.4 is 10.1 Å². The average molecular weight is 307 g/mol. The molecule has 1 aromatic heterocycles. The Morgan fingerprint density at radius 2 is 2.22 bits per heavy atom. The van der Waals surface area contributed by atoms with Crippen LogP contribution in [0.5, 0.6) is 5.75 Å². The Bertz CT molecular complexity index is 909. The summed E-state index contributed by atoms with van der Waals surface area (Å²) in [6.45, 7) is 0. The Labute approximate surface area is 132 Å². The molecule has 1 amide bonds. The second kappa shape index (κ2) is 6.20. The fraction of sp³-hybridized carbons (Fsp3) is 0.118. The van der Waals surface area contributed by atoms with E-state index < -0.39 is 0 Å². The molecule has 0 saturated heterocycles. The number of benzene rings is 2. The fourth-order valence-corrected chi connectivity index (χ4v) is 2.16. The molecule has 1 N–H and O–H groups in total. The van der Waals surface area contributed by atoms with Crippen molar-refractivity contribution in [2.75, 3.05) is 12.4 Å². The van der Waals surface area contributed by atoms with Crippen LogP contribution in [0, 0.1) is 11.3 Å². The second-order valence-corrected chi connectivity index (χ2v) is 4.82. The van der Waals surface area contributed by atoms with Gasteiger partial charge < -0.3 is 14.5 Å². The van der Waals surface area contributed by atoms with E-state index in [9.17, 15) is 4.79 Å². The normalized spacial score (nSPS) is 10.3. The van der Waals surface area contributed by atoms with Crippen molar-refractivity contribution in [2.24, 2.45) is 0 Å². The van der Waals surface area contributed by atoms with Crippen LogP contribution in [0.2, 0.25) is 0 Å². The van der Waals surface area contributed by atoms with Gasteiger partial charge in [-0.25, -0.2) is 4.98 Å². The molecule has 0 aliphatic carbocycles. The summed E-state index contributed by atoms with van der Waals surface area (Å²) in [5.74, 6) is 0.827. The van der Waals surface area contributed by atoms with Crippen molar-refractivity contribution in [3.05, 3.63) is 42.5 Å². The Morgan fingerprint density at radius 1 is 1.35 bits per heavy atom. The van der Waals surface area contributed by atoms with Gasteiger partial charge in [-0.15, -0.1) is 0 Å². The molecule has 0 saturated carbocycles. The molecule has 3 aromatic rings. The Morgan fingerprint density at radius 3 is 3.00 bits per heavy atom. The van der Waals surface area contributed by atoms with E-state index in [1.54, 1.807) is 31.4 Å². The first-order valence-corrected chi connectivity index (χ1v) is 6.91. The molecule has 0 aliphatic heterocycles. The van der Waals surface area contributed by atoms with Crippen LogP contribution in [0.15, 0.2) is 46.9 Å². The summed E-state index contributed by atoms with van der Waals surface area (Å²) in [6.07, 6.45) is -0.191. The number of hydrogen-bond acceptors (Lipinski definition) is 5. The number of methoxy groups -OCH3 is 1. The molecule has 23 heavy (non-hydrogen) atoms. The first-order chi connectivity index (χ1) is 11.2. The summed E-state index contributed by atoms with van der Waals surface area (Å²) >= 11 is 0. The van der Waals surface area contributed by atoms with Crippen LogP contribution in [0.25, 0.3) is 22.6 Å². The Hall–Kier alpha value is -3.33. The van der Waals surface area contributed by atoms with Crippen molar-refractivity contribution in [1.29, 1.82) is 5.26 Å². The number of ether oxygens (including phenoxy) is 1. The zero-order valence-electron chi connectivity index (χ0n) is 12.4. The molecule has 0 bridgehead atoms. The summed E-state index contributed by atoms with van der Waals surface area (Å²) < 4.78 is 10.9. The zero-order chi connectivity index (χ0) is 16.2. The average Bonchev–Trinajstić information content (AvgIpc) is 2.98. The number of amides is 1. The van der Waals surface area contributed by atoms with E-state index in [1.807, 2.05) is 24.3 Å². The third kappa shape index (κ3) is 3.14. The highest BCUT2D eigenvalue weighted by molar-refractivity contribution is 5.94. The quantitative estimate of drug-likeness (QED) is 0.798. The number of carbonyl (C=O) groups excluding carboxylic acids is 1. The Kier molecular flexibility index (Phi) is 3.93. The number of nitrogens with one attached hydrogen (secondary N) is 1. The van der Waals surface area contributed by atoms with E-state index in [0.717, 1.165) is 5.56 Å². The highest BCUT2D eigenvalue weighted by atomic mass is 16.5. The first-order valence-electron chi connectivity index (χ1n) is 6.91. The number of carbonyl (C=O) groups is 1. The van der Waals surface area contributed by atoms with Crippen molar-refractivity contribution in [1.82, 2.24) is 4.98 Å². The summed E-state index contributed by atoms with van der Waals surface area (Å²) in [7, 11) is 1.60. The zero-order valence-corrected chi connectivity index (χ0v) is 12.4. The SMILES string of the molecule is COc1cccc(-c2nc3ccc(NC(=O)CC#N)cc3o2)c1. The minimum atomic E-state index is -0.362. The topological polar surface area (TPSA) is 88.1 Å². The summed E-state index contributed by atoms with van der Waals surface area (Å²) in [5, 5.41) is 11.1. The summed E-state index contributed by atoms with van der Waals surface area (Å²) in [5.41, 5.74) is 2.60. The van der Waals surface area contributed by atoms with E-state index in [0.29, 0.717) is 28.4 Å². The molecule has 0 unspecified atom stereocenters. The molecule has 3 rings (SSSR count). The number of nitrogens with zero attached hydrogens (tertiary/aromatic N) is 2. The van der Waals surface area contributed by atoms with E-state index in [4.69, 9.17) is 14.4 Å². The van der Waals surface area contributed by atoms with Crippen LogP contribution in [-0.2, 0) is 4.79 Å². The van der Waals surface area contributed by atoms with Gasteiger partial charge in [0.2, 0.25) is 11.8 Å². The van der Waals surface area contributed by atoms with Crippen molar-refractivity contribution in [2.45, 2.75) is 6.42 Å². The number of hydrogen-bond donors (Lipinski definition) is 1. The lowest BCUT2D eigenvalue weighted by molar-refractivity contribution is -0.115. The van der Waals surface area contributed by atoms with Gasteiger partial charge in [-0.1, -0.05) is 6.07 Å². The van der Waals surface area contributed by atoms with E-state index in [2.05, 4.69) is 10.3 Å². The monoisotopic (exact) mass is 307 g/mol. The minimum absolute atomic E-state index is 0.191. The highest BCUT2D eigenvalue weighted by Gasteiger charge is 2.10. The van der Waals surface area contributed by atoms with Gasteiger partial charge in [-0.05, 0) is 30.3 Å². The summed E-state index contributed by atoms with van der Waals surface area (Å²) in [4.78, 5) is 15.9. The molecule has 114 valence electrons. The summed E-state index contributed by atoms with van der Waals surface area (Å²) in [6, 6.07) is 14.4. The van der Waals surface area contributed by atoms with Crippen molar-refractivity contribution in [3.63, 3.8) is 0 Å². The number of nitriles is 1. The van der Waals surface area contributed by atoms with Gasteiger partial charge in [0.1, 0.15) is 17.7 Å². The Balaban J connectivity index is 1.92. The van der Waals surface area contributed by atoms with Gasteiger partial charge in [-0.2, -0.15) is 5.26 Å². The number of anilines is 1. The van der Waals surface area contributed by atoms with Crippen LogP contribution in [-0.4, -0.2) is 18.0 Å². The largest absolute Gasteiger partial charge is 0.497 e. The van der Waals surface area contributed by atoms with Crippen LogP contribution >= 0.6 is 0 Å². The molecule has 0 atom stereocenters. The van der Waals surface area contributed by atoms with Gasteiger partial charge in [0.05, 0.1) is 13.2 Å². The van der Waals surface area contributed by atoms with Gasteiger partial charge in [0.15, 0.2) is 5.58 Å². The molecule has 0 radical (unpaired) electrons. The van der Waals surface area contributed by atoms with Gasteiger partial charge in [-0.3, -0.25) is 4.79 Å². The van der Waals surface area contributed by atoms with E-state index >= 15 is 0 Å². The lowest BCUT2D eigenvalue weighted by atomic mass is 10.2. The number of fused-ring (bicyclic) bond motifs is 1. The smallest absolute Gasteiger partial charge is 0.238 e. The number of oxazole rings is 1. The molecule has 1 heterocycles. The molecule has 0 spiro atoms. The van der Waals surface area contributed by atoms with Crippen molar-refractivity contribution in [3.8, 4) is 23.3 Å². The van der Waals surface area contributed by atoms with Crippen molar-refractivity contribution < 1.29 is 13.9 Å². The lowest BCUT2D eigenvalue weighted by Gasteiger charge is -2.01. The predicted molar refractivity (Wildman–Crippen MR) is 84.9 cm³/mol. The van der Waals surface area contributed by atoms with Gasteiger partial charge in [0, 0.05) is 17.3 Å². The predicted octanol–water partition coefficient (Wildman–Crippen LogP) is 3.36. The van der Waals surface area contributed by atoms with Crippen LogP contribution in [0.3, 0.4) is 0 Å². The third-order valence-electron chi connectivity index (χ3n) is 3.23. The molecule has 0 fully saturated rings. The van der Waals surface area contributed by atoms with Gasteiger partial charge >= 0.3 is 0 Å². The molecule has 0 aliphatic rings. The van der Waals surface area contributed by atoms with Gasteiger partial charge in [0.25, 0.3) is 0 Å². The highest BCUT2D eigenvalue weighted by Crippen LogP contribution is 2.28. The first kappa shape index (κ1) is 14.6. The van der Waals surface area contributed by atoms with Crippen molar-refractivity contribution >= 4 is 22.7 Å². The molecular weight excluding hydrogens is 294 g/mol. The number of aromatic nitrogens is 1. The maximum Gasteiger partial charge on any atom is 0.238 e. The molecule has 6 heteroatoms. The molecule has 2 aromatic carbocycles. The van der Waals surface area contributed by atoms with E-state index in [-0.39, 0.29) is 12.3 Å². The molecule has 6 nitrogen and oxygen atoms in total. The molecular formula is C17H13N3O3. The van der Waals surface area contributed by atoms with Crippen LogP contribution in [0.4, 0.5) is 5.69 Å². The maximum atomic E-state index is 11.5. The third-order valence-corrected chi connectivity index (χ3v) is 3.23. The standard InChI is InChI=1S/C17H13N3O3/c1-22-13-4-2-3-11(9-13)17-20-14-6-5-12(10-15(14)23-17)19-16(21)7-8-18/h2-6,9-10H,7H2,1H3,(H,19,21). The van der Waals surface area contributed by atoms with E-state index in [1.165, 1.54) is 0 Å². The second-order valence-electron chi connectivity index (χ2n) is 4.82. The lowest BCUT2D eigenvalue weighted by Crippen LogP contribution is -2.09. The number of rotatable bonds is 4. The minimum Gasteiger partial charge on any atom is -0.497 e. The fourth-order valence-electron chi connectivity index (χ4n) is 2.16. The maximum absolute atomic E-state index is 11.5. The van der Waals surface area contributed by atoms with Crippen LogP contribution in [0.1, 0.15) is 6.42 Å².